The normalized spacial score (nSPS) is 11.9. The van der Waals surface area contributed by atoms with E-state index >= 15 is 0 Å². The zero-order chi connectivity index (χ0) is 13.1. The monoisotopic (exact) mass is 234 g/mol. The summed E-state index contributed by atoms with van der Waals surface area (Å²) in [5, 5.41) is 9.64. The van der Waals surface area contributed by atoms with Crippen LogP contribution in [0.3, 0.4) is 0 Å². The number of aliphatic hydroxyl groups is 1. The SMILES string of the molecule is CC(C)CCc1ccc(C(=O)C(C)(C)O)cc1. The van der Waals surface area contributed by atoms with Gasteiger partial charge in [0.05, 0.1) is 0 Å². The molecular weight excluding hydrogens is 212 g/mol. The van der Waals surface area contributed by atoms with Crippen molar-refractivity contribution in [2.45, 2.75) is 46.1 Å². The third kappa shape index (κ3) is 4.31. The van der Waals surface area contributed by atoms with Gasteiger partial charge in [-0.25, -0.2) is 0 Å². The fourth-order valence-corrected chi connectivity index (χ4v) is 1.63. The summed E-state index contributed by atoms with van der Waals surface area (Å²) in [5.74, 6) is 0.459. The van der Waals surface area contributed by atoms with Crippen LogP contribution in [0, 0.1) is 5.92 Å². The number of hydrogen-bond acceptors (Lipinski definition) is 2. The molecule has 0 bridgehead atoms. The summed E-state index contributed by atoms with van der Waals surface area (Å²) in [6.45, 7) is 7.43. The van der Waals surface area contributed by atoms with Gasteiger partial charge in [0.25, 0.3) is 0 Å². The Morgan fingerprint density at radius 2 is 1.76 bits per heavy atom. The first-order valence-corrected chi connectivity index (χ1v) is 6.17. The maximum atomic E-state index is 11.8. The van der Waals surface area contributed by atoms with Crippen molar-refractivity contribution < 1.29 is 9.90 Å². The summed E-state index contributed by atoms with van der Waals surface area (Å²) in [4.78, 5) is 11.8. The van der Waals surface area contributed by atoms with E-state index in [-0.39, 0.29) is 5.78 Å². The summed E-state index contributed by atoms with van der Waals surface area (Å²) >= 11 is 0. The van der Waals surface area contributed by atoms with Crippen LogP contribution in [0.2, 0.25) is 0 Å². The lowest BCUT2D eigenvalue weighted by molar-refractivity contribution is 0.0488. The second-order valence-electron chi connectivity index (χ2n) is 5.52. The summed E-state index contributed by atoms with van der Waals surface area (Å²) in [6.07, 6.45) is 2.19. The minimum absolute atomic E-state index is 0.229. The quantitative estimate of drug-likeness (QED) is 0.794. The third-order valence-electron chi connectivity index (χ3n) is 2.78. The summed E-state index contributed by atoms with van der Waals surface area (Å²) in [7, 11) is 0. The van der Waals surface area contributed by atoms with E-state index in [4.69, 9.17) is 0 Å². The molecule has 94 valence electrons. The minimum Gasteiger partial charge on any atom is -0.382 e. The van der Waals surface area contributed by atoms with Crippen molar-refractivity contribution in [3.05, 3.63) is 35.4 Å². The molecule has 0 amide bonds. The molecule has 0 heterocycles. The average molecular weight is 234 g/mol. The Kier molecular flexibility index (Phi) is 4.47. The topological polar surface area (TPSA) is 37.3 Å². The summed E-state index contributed by atoms with van der Waals surface area (Å²) in [5.41, 5.74) is 0.524. The highest BCUT2D eigenvalue weighted by molar-refractivity contribution is 6.01. The predicted octanol–water partition coefficient (Wildman–Crippen LogP) is 3.23. The number of rotatable bonds is 5. The molecule has 0 radical (unpaired) electrons. The zero-order valence-electron chi connectivity index (χ0n) is 11.2. The minimum atomic E-state index is -1.29. The number of carbonyl (C=O) groups is 1. The van der Waals surface area contributed by atoms with Crippen molar-refractivity contribution in [3.63, 3.8) is 0 Å². The number of aryl methyl sites for hydroxylation is 1. The summed E-state index contributed by atoms with van der Waals surface area (Å²) in [6, 6.07) is 7.55. The Balaban J connectivity index is 2.71. The largest absolute Gasteiger partial charge is 0.382 e. The number of carbonyl (C=O) groups excluding carboxylic acids is 1. The molecule has 0 saturated heterocycles. The first-order chi connectivity index (χ1) is 7.80. The molecule has 17 heavy (non-hydrogen) atoms. The average Bonchev–Trinajstić information content (AvgIpc) is 2.25. The predicted molar refractivity (Wildman–Crippen MR) is 70.2 cm³/mol. The molecule has 2 heteroatoms. The molecule has 0 aliphatic carbocycles. The molecule has 0 unspecified atom stereocenters. The molecule has 0 aromatic heterocycles. The van der Waals surface area contributed by atoms with Crippen molar-refractivity contribution in [2.24, 2.45) is 5.92 Å². The zero-order valence-corrected chi connectivity index (χ0v) is 11.2. The lowest BCUT2D eigenvalue weighted by atomic mass is 9.95. The van der Waals surface area contributed by atoms with Crippen LogP contribution in [0.4, 0.5) is 0 Å². The Bertz CT molecular complexity index is 369. The Morgan fingerprint density at radius 3 is 2.18 bits per heavy atom. The van der Waals surface area contributed by atoms with Crippen LogP contribution in [0.1, 0.15) is 50.0 Å². The Morgan fingerprint density at radius 1 is 1.24 bits per heavy atom. The molecule has 0 spiro atoms. The number of Topliss-reactive ketones (excluding diaryl/α,β-unsaturated/α-hetero) is 1. The maximum Gasteiger partial charge on any atom is 0.193 e. The van der Waals surface area contributed by atoms with Gasteiger partial charge < -0.3 is 5.11 Å². The third-order valence-corrected chi connectivity index (χ3v) is 2.78. The van der Waals surface area contributed by atoms with Gasteiger partial charge in [0, 0.05) is 5.56 Å². The van der Waals surface area contributed by atoms with Crippen molar-refractivity contribution in [1.82, 2.24) is 0 Å². The lowest BCUT2D eigenvalue weighted by Crippen LogP contribution is -2.31. The van der Waals surface area contributed by atoms with E-state index in [1.165, 1.54) is 19.4 Å². The van der Waals surface area contributed by atoms with Crippen LogP contribution in [0.15, 0.2) is 24.3 Å². The van der Waals surface area contributed by atoms with Crippen molar-refractivity contribution in [2.75, 3.05) is 0 Å². The molecule has 0 aliphatic heterocycles. The van der Waals surface area contributed by atoms with Crippen molar-refractivity contribution in [1.29, 1.82) is 0 Å². The molecule has 0 saturated carbocycles. The Labute approximate surface area is 104 Å². The van der Waals surface area contributed by atoms with Gasteiger partial charge in [0.15, 0.2) is 5.78 Å². The van der Waals surface area contributed by atoms with E-state index in [9.17, 15) is 9.90 Å². The number of ketones is 1. The molecule has 1 N–H and O–H groups in total. The molecule has 1 aromatic rings. The van der Waals surface area contributed by atoms with Crippen LogP contribution in [-0.4, -0.2) is 16.5 Å². The molecular formula is C15H22O2. The molecule has 0 atom stereocenters. The molecule has 2 nitrogen and oxygen atoms in total. The van der Waals surface area contributed by atoms with Crippen LogP contribution in [0.5, 0.6) is 0 Å². The van der Waals surface area contributed by atoms with Crippen molar-refractivity contribution >= 4 is 5.78 Å². The maximum absolute atomic E-state index is 11.8. The van der Waals surface area contributed by atoms with Crippen LogP contribution in [-0.2, 0) is 6.42 Å². The lowest BCUT2D eigenvalue weighted by Gasteiger charge is -2.15. The van der Waals surface area contributed by atoms with E-state index < -0.39 is 5.60 Å². The van der Waals surface area contributed by atoms with Gasteiger partial charge in [-0.2, -0.15) is 0 Å². The van der Waals surface area contributed by atoms with Gasteiger partial charge in [-0.3, -0.25) is 4.79 Å². The van der Waals surface area contributed by atoms with Gasteiger partial charge in [-0.1, -0.05) is 38.1 Å². The smallest absolute Gasteiger partial charge is 0.193 e. The van der Waals surface area contributed by atoms with E-state index in [0.717, 1.165) is 12.8 Å². The second-order valence-corrected chi connectivity index (χ2v) is 5.52. The van der Waals surface area contributed by atoms with Gasteiger partial charge >= 0.3 is 0 Å². The van der Waals surface area contributed by atoms with E-state index in [1.54, 1.807) is 12.1 Å². The molecule has 1 aromatic carbocycles. The van der Waals surface area contributed by atoms with Gasteiger partial charge in [-0.15, -0.1) is 0 Å². The fourth-order valence-electron chi connectivity index (χ4n) is 1.63. The van der Waals surface area contributed by atoms with E-state index in [1.807, 2.05) is 12.1 Å². The van der Waals surface area contributed by atoms with Gasteiger partial charge in [-0.05, 0) is 38.2 Å². The first kappa shape index (κ1) is 13.9. The molecule has 1 rings (SSSR count). The standard InChI is InChI=1S/C15H22O2/c1-11(2)5-6-12-7-9-13(10-8-12)14(16)15(3,4)17/h7-11,17H,5-6H2,1-4H3. The number of hydrogen-bond donors (Lipinski definition) is 1. The van der Waals surface area contributed by atoms with Gasteiger partial charge in [0.1, 0.15) is 5.60 Å². The van der Waals surface area contributed by atoms with E-state index in [2.05, 4.69) is 13.8 Å². The number of benzene rings is 1. The van der Waals surface area contributed by atoms with Crippen LogP contribution in [0.25, 0.3) is 0 Å². The Hall–Kier alpha value is -1.15. The highest BCUT2D eigenvalue weighted by Gasteiger charge is 2.24. The highest BCUT2D eigenvalue weighted by atomic mass is 16.3. The highest BCUT2D eigenvalue weighted by Crippen LogP contribution is 2.15. The first-order valence-electron chi connectivity index (χ1n) is 6.17. The fraction of sp³-hybridized carbons (Fsp3) is 0.533. The van der Waals surface area contributed by atoms with Gasteiger partial charge in [0.2, 0.25) is 0 Å². The van der Waals surface area contributed by atoms with Crippen molar-refractivity contribution in [3.8, 4) is 0 Å². The summed E-state index contributed by atoms with van der Waals surface area (Å²) < 4.78 is 0. The van der Waals surface area contributed by atoms with E-state index in [0.29, 0.717) is 11.5 Å². The molecule has 0 fully saturated rings. The van der Waals surface area contributed by atoms with Crippen LogP contribution < -0.4 is 0 Å². The second kappa shape index (κ2) is 5.46. The molecule has 0 aliphatic rings. The van der Waals surface area contributed by atoms with Crippen LogP contribution >= 0.6 is 0 Å².